The molecular formula is C21H25FN2O3S. The molecule has 0 aliphatic carbocycles. The normalized spacial score (nSPS) is 18.0. The number of nitrogens with zero attached hydrogens (tertiary/aromatic N) is 1. The molecule has 1 amide bonds. The molecule has 3 rings (SSSR count). The van der Waals surface area contributed by atoms with Gasteiger partial charge >= 0.3 is 0 Å². The lowest BCUT2D eigenvalue weighted by atomic mass is 10.0. The number of halogens is 1. The Morgan fingerprint density at radius 2 is 1.79 bits per heavy atom. The van der Waals surface area contributed by atoms with Gasteiger partial charge in [0, 0.05) is 13.1 Å². The summed E-state index contributed by atoms with van der Waals surface area (Å²) < 4.78 is 40.3. The van der Waals surface area contributed by atoms with Crippen LogP contribution in [0.4, 0.5) is 4.39 Å². The van der Waals surface area contributed by atoms with Crippen LogP contribution in [0.15, 0.2) is 53.4 Å². The van der Waals surface area contributed by atoms with Gasteiger partial charge in [0.2, 0.25) is 15.9 Å². The van der Waals surface area contributed by atoms with Crippen molar-refractivity contribution in [3.63, 3.8) is 0 Å². The number of hydrogen-bond acceptors (Lipinski definition) is 3. The Morgan fingerprint density at radius 3 is 2.46 bits per heavy atom. The predicted octanol–water partition coefficient (Wildman–Crippen LogP) is 3.04. The van der Waals surface area contributed by atoms with Gasteiger partial charge in [-0.05, 0) is 56.0 Å². The van der Waals surface area contributed by atoms with Crippen LogP contribution in [0, 0.1) is 12.7 Å². The summed E-state index contributed by atoms with van der Waals surface area (Å²) in [5, 5.41) is 2.87. The van der Waals surface area contributed by atoms with E-state index in [1.54, 1.807) is 0 Å². The standard InChI is InChI=1S/C21H25FN2O3S/c1-16-5-7-17(8-6-16)13-14-23-21(25)20-4-2-3-15-24(20)28(26,27)19-11-9-18(22)10-12-19/h5-12,20H,2-4,13-15H2,1H3,(H,23,25). The Bertz CT molecular complexity index is 912. The monoisotopic (exact) mass is 404 g/mol. The molecule has 7 heteroatoms. The van der Waals surface area contributed by atoms with E-state index in [9.17, 15) is 17.6 Å². The number of carbonyl (C=O) groups excluding carboxylic acids is 1. The fourth-order valence-electron chi connectivity index (χ4n) is 3.40. The van der Waals surface area contributed by atoms with Crippen molar-refractivity contribution in [2.45, 2.75) is 43.5 Å². The van der Waals surface area contributed by atoms with Gasteiger partial charge in [-0.15, -0.1) is 0 Å². The van der Waals surface area contributed by atoms with Crippen LogP contribution in [0.25, 0.3) is 0 Å². The highest BCUT2D eigenvalue weighted by Crippen LogP contribution is 2.25. The first-order valence-corrected chi connectivity index (χ1v) is 10.9. The zero-order chi connectivity index (χ0) is 20.1. The summed E-state index contributed by atoms with van der Waals surface area (Å²) in [6.07, 6.45) is 2.67. The SMILES string of the molecule is Cc1ccc(CCNC(=O)C2CCCCN2S(=O)(=O)c2ccc(F)cc2)cc1. The van der Waals surface area contributed by atoms with E-state index < -0.39 is 21.9 Å². The molecule has 1 unspecified atom stereocenters. The number of amides is 1. The molecule has 1 aliphatic rings. The first-order chi connectivity index (χ1) is 13.4. The van der Waals surface area contributed by atoms with Gasteiger partial charge in [0.05, 0.1) is 4.90 Å². The minimum Gasteiger partial charge on any atom is -0.354 e. The molecule has 0 radical (unpaired) electrons. The molecule has 0 aromatic heterocycles. The number of nitrogens with one attached hydrogen (secondary N) is 1. The maximum atomic E-state index is 13.2. The van der Waals surface area contributed by atoms with Crippen LogP contribution >= 0.6 is 0 Å². The number of carbonyl (C=O) groups is 1. The van der Waals surface area contributed by atoms with Crippen molar-refractivity contribution in [1.82, 2.24) is 9.62 Å². The molecule has 0 bridgehead atoms. The van der Waals surface area contributed by atoms with Gasteiger partial charge in [0.1, 0.15) is 11.9 Å². The van der Waals surface area contributed by atoms with Gasteiger partial charge in [-0.1, -0.05) is 36.2 Å². The van der Waals surface area contributed by atoms with Crippen LogP contribution in [0.2, 0.25) is 0 Å². The summed E-state index contributed by atoms with van der Waals surface area (Å²) in [4.78, 5) is 12.7. The molecule has 28 heavy (non-hydrogen) atoms. The zero-order valence-corrected chi connectivity index (χ0v) is 16.7. The fourth-order valence-corrected chi connectivity index (χ4v) is 5.06. The molecule has 1 saturated heterocycles. The van der Waals surface area contributed by atoms with Crippen molar-refractivity contribution in [2.75, 3.05) is 13.1 Å². The van der Waals surface area contributed by atoms with Crippen LogP contribution in [0.5, 0.6) is 0 Å². The van der Waals surface area contributed by atoms with Crippen molar-refractivity contribution in [1.29, 1.82) is 0 Å². The first-order valence-electron chi connectivity index (χ1n) is 9.48. The lowest BCUT2D eigenvalue weighted by Crippen LogP contribution is -2.52. The Kier molecular flexibility index (Phi) is 6.46. The summed E-state index contributed by atoms with van der Waals surface area (Å²) in [7, 11) is -3.85. The quantitative estimate of drug-likeness (QED) is 0.805. The molecule has 1 fully saturated rings. The molecule has 2 aromatic carbocycles. The summed E-state index contributed by atoms with van der Waals surface area (Å²) in [6.45, 7) is 2.75. The van der Waals surface area contributed by atoms with Crippen LogP contribution in [0.3, 0.4) is 0 Å². The molecule has 1 heterocycles. The summed E-state index contributed by atoms with van der Waals surface area (Å²) in [5.74, 6) is -0.777. The summed E-state index contributed by atoms with van der Waals surface area (Å²) in [5.41, 5.74) is 2.29. The van der Waals surface area contributed by atoms with Crippen molar-refractivity contribution in [2.24, 2.45) is 0 Å². The van der Waals surface area contributed by atoms with E-state index in [-0.39, 0.29) is 17.3 Å². The number of piperidine rings is 1. The highest BCUT2D eigenvalue weighted by Gasteiger charge is 2.37. The highest BCUT2D eigenvalue weighted by molar-refractivity contribution is 7.89. The van der Waals surface area contributed by atoms with Crippen molar-refractivity contribution >= 4 is 15.9 Å². The van der Waals surface area contributed by atoms with E-state index in [1.807, 2.05) is 31.2 Å². The lowest BCUT2D eigenvalue weighted by molar-refractivity contribution is -0.125. The van der Waals surface area contributed by atoms with Gasteiger partial charge in [-0.3, -0.25) is 4.79 Å². The molecule has 1 aliphatic heterocycles. The second-order valence-electron chi connectivity index (χ2n) is 7.11. The second-order valence-corrected chi connectivity index (χ2v) is 9.00. The van der Waals surface area contributed by atoms with Crippen molar-refractivity contribution < 1.29 is 17.6 Å². The van der Waals surface area contributed by atoms with Gasteiger partial charge in [0.25, 0.3) is 0 Å². The van der Waals surface area contributed by atoms with Crippen LogP contribution in [0.1, 0.15) is 30.4 Å². The number of hydrogen-bond donors (Lipinski definition) is 1. The average molecular weight is 405 g/mol. The topological polar surface area (TPSA) is 66.5 Å². The van der Waals surface area contributed by atoms with Crippen LogP contribution in [-0.4, -0.2) is 37.8 Å². The molecule has 0 spiro atoms. The van der Waals surface area contributed by atoms with Crippen molar-refractivity contribution in [3.8, 4) is 0 Å². The maximum Gasteiger partial charge on any atom is 0.243 e. The molecule has 0 saturated carbocycles. The number of rotatable bonds is 6. The Labute approximate surface area is 165 Å². The van der Waals surface area contributed by atoms with Crippen molar-refractivity contribution in [3.05, 3.63) is 65.5 Å². The number of benzene rings is 2. The Hall–Kier alpha value is -2.25. The molecular weight excluding hydrogens is 379 g/mol. The molecule has 5 nitrogen and oxygen atoms in total. The van der Waals surface area contributed by atoms with E-state index in [1.165, 1.54) is 22.0 Å². The van der Waals surface area contributed by atoms with Gasteiger partial charge in [-0.2, -0.15) is 4.31 Å². The smallest absolute Gasteiger partial charge is 0.243 e. The third-order valence-corrected chi connectivity index (χ3v) is 6.93. The first kappa shape index (κ1) is 20.5. The Morgan fingerprint density at radius 1 is 1.11 bits per heavy atom. The van der Waals surface area contributed by atoms with E-state index in [4.69, 9.17) is 0 Å². The van der Waals surface area contributed by atoms with Gasteiger partial charge in [-0.25, -0.2) is 12.8 Å². The molecule has 150 valence electrons. The Balaban J connectivity index is 1.67. The highest BCUT2D eigenvalue weighted by atomic mass is 32.2. The summed E-state index contributed by atoms with van der Waals surface area (Å²) >= 11 is 0. The molecule has 1 N–H and O–H groups in total. The molecule has 1 atom stereocenters. The minimum absolute atomic E-state index is 0.00764. The lowest BCUT2D eigenvalue weighted by Gasteiger charge is -2.33. The van der Waals surface area contributed by atoms with E-state index in [2.05, 4.69) is 5.32 Å². The average Bonchev–Trinajstić information content (AvgIpc) is 2.70. The third kappa shape index (κ3) is 4.77. The van der Waals surface area contributed by atoms with E-state index in [0.29, 0.717) is 25.8 Å². The third-order valence-electron chi connectivity index (χ3n) is 5.01. The van der Waals surface area contributed by atoms with E-state index in [0.717, 1.165) is 24.1 Å². The summed E-state index contributed by atoms with van der Waals surface area (Å²) in [6, 6.07) is 12.1. The zero-order valence-electron chi connectivity index (χ0n) is 15.9. The van der Waals surface area contributed by atoms with Crippen LogP contribution in [-0.2, 0) is 21.2 Å². The fraction of sp³-hybridized carbons (Fsp3) is 0.381. The predicted molar refractivity (Wildman–Crippen MR) is 106 cm³/mol. The van der Waals surface area contributed by atoms with E-state index >= 15 is 0 Å². The molecule has 2 aromatic rings. The minimum atomic E-state index is -3.85. The number of sulfonamides is 1. The second kappa shape index (κ2) is 8.84. The van der Waals surface area contributed by atoms with Gasteiger partial charge in [0.15, 0.2) is 0 Å². The number of aryl methyl sites for hydroxylation is 1. The largest absolute Gasteiger partial charge is 0.354 e. The van der Waals surface area contributed by atoms with Gasteiger partial charge < -0.3 is 5.32 Å². The maximum absolute atomic E-state index is 13.2. The van der Waals surface area contributed by atoms with Crippen LogP contribution < -0.4 is 5.32 Å².